The van der Waals surface area contributed by atoms with Crippen molar-refractivity contribution in [1.82, 2.24) is 15.2 Å². The molecule has 0 amide bonds. The summed E-state index contributed by atoms with van der Waals surface area (Å²) in [5, 5.41) is 13.0. The van der Waals surface area contributed by atoms with Gasteiger partial charge in [0.25, 0.3) is 0 Å². The number of esters is 1. The molecule has 1 saturated carbocycles. The molecular weight excluding hydrogens is 383 g/mol. The van der Waals surface area contributed by atoms with E-state index in [0.717, 1.165) is 18.4 Å². The number of nitrogens with zero attached hydrogens (tertiary/aromatic N) is 3. The molecule has 0 spiro atoms. The van der Waals surface area contributed by atoms with Crippen molar-refractivity contribution in [3.63, 3.8) is 0 Å². The third-order valence-corrected chi connectivity index (χ3v) is 4.77. The molecule has 0 saturated heterocycles. The summed E-state index contributed by atoms with van der Waals surface area (Å²) in [6.45, 7) is 0.479. The number of carbonyl (C=O) groups is 1. The number of benzene rings is 1. The van der Waals surface area contributed by atoms with E-state index in [0.29, 0.717) is 33.3 Å². The van der Waals surface area contributed by atoms with Crippen molar-refractivity contribution < 1.29 is 9.53 Å². The van der Waals surface area contributed by atoms with Crippen LogP contribution < -0.4 is 5.32 Å². The number of aromatic nitrogens is 3. The Morgan fingerprint density at radius 1 is 1.36 bits per heavy atom. The summed E-state index contributed by atoms with van der Waals surface area (Å²) in [6.07, 6.45) is 3.66. The molecule has 1 aliphatic carbocycles. The van der Waals surface area contributed by atoms with Gasteiger partial charge < -0.3 is 10.1 Å². The molecule has 0 atom stereocenters. The summed E-state index contributed by atoms with van der Waals surface area (Å²) in [5.74, 6) is 0.368. The first kappa shape index (κ1) is 18.2. The van der Waals surface area contributed by atoms with Crippen molar-refractivity contribution in [1.29, 1.82) is 0 Å². The molecule has 1 aromatic heterocycles. The Kier molecular flexibility index (Phi) is 5.98. The molecule has 1 aliphatic rings. The molecule has 1 fully saturated rings. The number of hydrogen-bond acceptors (Lipinski definition) is 7. The monoisotopic (exact) mass is 398 g/mol. The molecule has 25 heavy (non-hydrogen) atoms. The highest BCUT2D eigenvalue weighted by atomic mass is 35.5. The second-order valence-corrected chi connectivity index (χ2v) is 7.18. The maximum absolute atomic E-state index is 11.7. The molecule has 0 unspecified atom stereocenters. The van der Waals surface area contributed by atoms with Gasteiger partial charge in [-0.1, -0.05) is 41.0 Å². The smallest absolute Gasteiger partial charge is 0.309 e. The van der Waals surface area contributed by atoms with E-state index in [2.05, 4.69) is 20.5 Å². The Hall–Kier alpha value is -1.57. The lowest BCUT2D eigenvalue weighted by Crippen LogP contribution is -2.13. The maximum atomic E-state index is 11.7. The summed E-state index contributed by atoms with van der Waals surface area (Å²) in [6, 6.07) is 5.30. The molecule has 9 heteroatoms. The summed E-state index contributed by atoms with van der Waals surface area (Å²) in [7, 11) is 0. The molecule has 6 nitrogen and oxygen atoms in total. The van der Waals surface area contributed by atoms with Crippen LogP contribution in [0.2, 0.25) is 10.0 Å². The van der Waals surface area contributed by atoms with Crippen LogP contribution >= 0.6 is 35.0 Å². The Bertz CT molecular complexity index is 787. The highest BCUT2D eigenvalue weighted by Crippen LogP contribution is 2.30. The van der Waals surface area contributed by atoms with Crippen LogP contribution in [0.5, 0.6) is 0 Å². The van der Waals surface area contributed by atoms with Gasteiger partial charge in [0.05, 0.1) is 5.92 Å². The second-order valence-electron chi connectivity index (χ2n) is 5.57. The molecule has 2 aromatic rings. The van der Waals surface area contributed by atoms with E-state index in [-0.39, 0.29) is 18.5 Å². The Labute approximate surface area is 159 Å². The first-order chi connectivity index (χ1) is 12.1. The Balaban J connectivity index is 1.71. The van der Waals surface area contributed by atoms with E-state index in [1.165, 1.54) is 11.8 Å². The van der Waals surface area contributed by atoms with Gasteiger partial charge in [-0.15, -0.1) is 10.2 Å². The predicted octanol–water partition coefficient (Wildman–Crippen LogP) is 3.97. The van der Waals surface area contributed by atoms with Crippen molar-refractivity contribution in [2.45, 2.75) is 31.1 Å². The van der Waals surface area contributed by atoms with Gasteiger partial charge in [-0.25, -0.2) is 4.98 Å². The number of anilines is 1. The van der Waals surface area contributed by atoms with Crippen LogP contribution in [0.15, 0.2) is 23.4 Å². The molecule has 1 heterocycles. The quantitative estimate of drug-likeness (QED) is 0.558. The third-order valence-electron chi connectivity index (χ3n) is 3.64. The van der Waals surface area contributed by atoms with E-state index in [1.807, 2.05) is 12.3 Å². The van der Waals surface area contributed by atoms with Crippen molar-refractivity contribution in [2.24, 2.45) is 5.92 Å². The molecule has 1 N–H and O–H groups in total. The average Bonchev–Trinajstić information content (AvgIpc) is 3.44. The Morgan fingerprint density at radius 2 is 2.16 bits per heavy atom. The van der Waals surface area contributed by atoms with E-state index < -0.39 is 0 Å². The number of halogens is 2. The summed E-state index contributed by atoms with van der Waals surface area (Å²) in [4.78, 5) is 16.1. The Morgan fingerprint density at radius 3 is 2.84 bits per heavy atom. The largest absolute Gasteiger partial charge is 0.459 e. The summed E-state index contributed by atoms with van der Waals surface area (Å²) >= 11 is 13.5. The van der Waals surface area contributed by atoms with Gasteiger partial charge in [0, 0.05) is 16.6 Å². The number of rotatable bonds is 7. The van der Waals surface area contributed by atoms with Gasteiger partial charge in [-0.3, -0.25) is 4.79 Å². The lowest BCUT2D eigenvalue weighted by atomic mass is 10.2. The standard InChI is InChI=1S/C16H16Cl2N4O2S/c1-25-16-20-14(19-7-10-4-5-11(17)6-12(10)18)13(21-22-16)8-24-15(23)9-2-3-9/h4-6,9H,2-3,7-8H2,1H3,(H,19,20,22). The third kappa shape index (κ3) is 4.96. The second kappa shape index (κ2) is 8.21. The van der Waals surface area contributed by atoms with Gasteiger partial charge in [-0.2, -0.15) is 0 Å². The topological polar surface area (TPSA) is 77.0 Å². The first-order valence-corrected chi connectivity index (χ1v) is 9.67. The van der Waals surface area contributed by atoms with Crippen LogP contribution in [-0.2, 0) is 22.7 Å². The molecule has 0 aliphatic heterocycles. The fourth-order valence-corrected chi connectivity index (χ4v) is 2.86. The molecule has 132 valence electrons. The fraction of sp³-hybridized carbons (Fsp3) is 0.375. The maximum Gasteiger partial charge on any atom is 0.309 e. The van der Waals surface area contributed by atoms with Gasteiger partial charge >= 0.3 is 5.97 Å². The number of carbonyl (C=O) groups excluding carboxylic acids is 1. The van der Waals surface area contributed by atoms with Crippen molar-refractivity contribution >= 4 is 46.8 Å². The minimum atomic E-state index is -0.192. The molecule has 1 aromatic carbocycles. The van der Waals surface area contributed by atoms with Gasteiger partial charge in [0.15, 0.2) is 5.82 Å². The predicted molar refractivity (Wildman–Crippen MR) is 97.9 cm³/mol. The van der Waals surface area contributed by atoms with Gasteiger partial charge in [-0.05, 0) is 36.8 Å². The summed E-state index contributed by atoms with van der Waals surface area (Å²) in [5.41, 5.74) is 1.35. The van der Waals surface area contributed by atoms with E-state index in [9.17, 15) is 4.79 Å². The zero-order valence-corrected chi connectivity index (χ0v) is 15.8. The normalized spacial score (nSPS) is 13.6. The van der Waals surface area contributed by atoms with Crippen LogP contribution in [0.25, 0.3) is 0 Å². The first-order valence-electron chi connectivity index (χ1n) is 7.69. The number of ether oxygens (including phenoxy) is 1. The number of nitrogens with one attached hydrogen (secondary N) is 1. The highest BCUT2D eigenvalue weighted by Gasteiger charge is 2.31. The minimum Gasteiger partial charge on any atom is -0.459 e. The zero-order chi connectivity index (χ0) is 17.8. The minimum absolute atomic E-state index is 0.0377. The number of thioether (sulfide) groups is 1. The van der Waals surface area contributed by atoms with Crippen LogP contribution in [0.1, 0.15) is 24.1 Å². The van der Waals surface area contributed by atoms with Gasteiger partial charge in [0.2, 0.25) is 5.16 Å². The average molecular weight is 399 g/mol. The molecular formula is C16H16Cl2N4O2S. The molecule has 0 radical (unpaired) electrons. The van der Waals surface area contributed by atoms with Crippen LogP contribution in [0, 0.1) is 5.92 Å². The molecule has 0 bridgehead atoms. The van der Waals surface area contributed by atoms with Crippen LogP contribution in [-0.4, -0.2) is 27.4 Å². The summed E-state index contributed by atoms with van der Waals surface area (Å²) < 4.78 is 5.29. The van der Waals surface area contributed by atoms with Gasteiger partial charge in [0.1, 0.15) is 12.3 Å². The van der Waals surface area contributed by atoms with E-state index in [4.69, 9.17) is 27.9 Å². The highest BCUT2D eigenvalue weighted by molar-refractivity contribution is 7.98. The van der Waals surface area contributed by atoms with E-state index >= 15 is 0 Å². The fourth-order valence-electron chi connectivity index (χ4n) is 2.08. The number of hydrogen-bond donors (Lipinski definition) is 1. The van der Waals surface area contributed by atoms with Crippen LogP contribution in [0.4, 0.5) is 5.82 Å². The van der Waals surface area contributed by atoms with Crippen molar-refractivity contribution in [2.75, 3.05) is 11.6 Å². The van der Waals surface area contributed by atoms with Crippen molar-refractivity contribution in [3.8, 4) is 0 Å². The lowest BCUT2D eigenvalue weighted by Gasteiger charge is -2.12. The zero-order valence-electron chi connectivity index (χ0n) is 13.5. The van der Waals surface area contributed by atoms with Crippen molar-refractivity contribution in [3.05, 3.63) is 39.5 Å². The van der Waals surface area contributed by atoms with Crippen LogP contribution in [0.3, 0.4) is 0 Å². The molecule has 3 rings (SSSR count). The van der Waals surface area contributed by atoms with E-state index in [1.54, 1.807) is 12.1 Å². The lowest BCUT2D eigenvalue weighted by molar-refractivity contribution is -0.146. The SMILES string of the molecule is CSc1nnc(COC(=O)C2CC2)c(NCc2ccc(Cl)cc2Cl)n1.